The highest BCUT2D eigenvalue weighted by Crippen LogP contribution is 2.31. The topological polar surface area (TPSA) is 33.7 Å². The standard InChI is InChI=1S/C13H18N2O2.ClH/c1-15(11-7-14-8-11)9-10-2-3-12-13(6-10)17-5-4-16-12;/h2-3,6,11,14H,4-5,7-9H2,1H3;1H. The summed E-state index contributed by atoms with van der Waals surface area (Å²) < 4.78 is 11.1. The minimum Gasteiger partial charge on any atom is -0.486 e. The Balaban J connectivity index is 0.00000120. The third-order valence-corrected chi connectivity index (χ3v) is 3.42. The monoisotopic (exact) mass is 270 g/mol. The number of halogens is 1. The van der Waals surface area contributed by atoms with E-state index in [1.54, 1.807) is 0 Å². The molecule has 0 unspecified atom stereocenters. The Bertz CT molecular complexity index is 410. The fraction of sp³-hybridized carbons (Fsp3) is 0.538. The fourth-order valence-electron chi connectivity index (χ4n) is 2.19. The van der Waals surface area contributed by atoms with E-state index >= 15 is 0 Å². The molecule has 0 saturated carbocycles. The van der Waals surface area contributed by atoms with Crippen molar-refractivity contribution in [2.75, 3.05) is 33.4 Å². The number of nitrogens with zero attached hydrogens (tertiary/aromatic N) is 1. The second kappa shape index (κ2) is 5.78. The van der Waals surface area contributed by atoms with Crippen molar-refractivity contribution in [2.45, 2.75) is 12.6 Å². The molecule has 1 saturated heterocycles. The second-order valence-electron chi connectivity index (χ2n) is 4.71. The Labute approximate surface area is 114 Å². The van der Waals surface area contributed by atoms with Crippen LogP contribution in [0.5, 0.6) is 11.5 Å². The van der Waals surface area contributed by atoms with Gasteiger partial charge in [-0.25, -0.2) is 0 Å². The van der Waals surface area contributed by atoms with Crippen LogP contribution in [0.25, 0.3) is 0 Å². The van der Waals surface area contributed by atoms with Crippen molar-refractivity contribution in [1.29, 1.82) is 0 Å². The van der Waals surface area contributed by atoms with Crippen molar-refractivity contribution in [3.63, 3.8) is 0 Å². The van der Waals surface area contributed by atoms with Crippen LogP contribution in [-0.4, -0.2) is 44.3 Å². The normalized spacial score (nSPS) is 18.1. The van der Waals surface area contributed by atoms with Crippen LogP contribution in [0.1, 0.15) is 5.56 Å². The van der Waals surface area contributed by atoms with E-state index in [1.165, 1.54) is 5.56 Å². The number of likely N-dealkylation sites (N-methyl/N-ethyl adjacent to an activating group) is 1. The van der Waals surface area contributed by atoms with Crippen LogP contribution in [0.15, 0.2) is 18.2 Å². The van der Waals surface area contributed by atoms with E-state index in [0.29, 0.717) is 19.3 Å². The molecule has 0 atom stereocenters. The summed E-state index contributed by atoms with van der Waals surface area (Å²) in [4.78, 5) is 2.38. The maximum atomic E-state index is 5.59. The summed E-state index contributed by atoms with van der Waals surface area (Å²) in [5.74, 6) is 1.75. The lowest BCUT2D eigenvalue weighted by Crippen LogP contribution is -2.55. The van der Waals surface area contributed by atoms with Gasteiger partial charge in [-0.15, -0.1) is 12.4 Å². The molecule has 1 fully saturated rings. The molecule has 0 bridgehead atoms. The Morgan fingerprint density at radius 2 is 1.94 bits per heavy atom. The van der Waals surface area contributed by atoms with Gasteiger partial charge in [0.05, 0.1) is 0 Å². The maximum Gasteiger partial charge on any atom is 0.161 e. The number of fused-ring (bicyclic) bond motifs is 1. The Morgan fingerprint density at radius 3 is 2.61 bits per heavy atom. The van der Waals surface area contributed by atoms with Crippen molar-refractivity contribution < 1.29 is 9.47 Å². The van der Waals surface area contributed by atoms with Gasteiger partial charge in [0, 0.05) is 25.7 Å². The zero-order valence-electron chi connectivity index (χ0n) is 10.5. The molecule has 4 nitrogen and oxygen atoms in total. The van der Waals surface area contributed by atoms with Gasteiger partial charge in [0.2, 0.25) is 0 Å². The van der Waals surface area contributed by atoms with E-state index < -0.39 is 0 Å². The molecule has 0 radical (unpaired) electrons. The molecular weight excluding hydrogens is 252 g/mol. The summed E-state index contributed by atoms with van der Waals surface area (Å²) in [6.45, 7) is 4.46. The minimum atomic E-state index is 0. The molecule has 0 aromatic heterocycles. The summed E-state index contributed by atoms with van der Waals surface area (Å²) in [5.41, 5.74) is 1.28. The summed E-state index contributed by atoms with van der Waals surface area (Å²) in [6.07, 6.45) is 0. The SMILES string of the molecule is CN(Cc1ccc2c(c1)OCCO2)C1CNC1.Cl. The minimum absolute atomic E-state index is 0. The van der Waals surface area contributed by atoms with Crippen LogP contribution >= 0.6 is 12.4 Å². The van der Waals surface area contributed by atoms with Crippen LogP contribution in [0.2, 0.25) is 0 Å². The van der Waals surface area contributed by atoms with Gasteiger partial charge in [0.15, 0.2) is 11.5 Å². The molecule has 1 aromatic rings. The lowest BCUT2D eigenvalue weighted by molar-refractivity contribution is 0.166. The van der Waals surface area contributed by atoms with Crippen LogP contribution in [-0.2, 0) is 6.54 Å². The Kier molecular flexibility index (Phi) is 4.32. The molecule has 2 heterocycles. The molecule has 1 N–H and O–H groups in total. The number of rotatable bonds is 3. The smallest absolute Gasteiger partial charge is 0.161 e. The largest absolute Gasteiger partial charge is 0.486 e. The summed E-state index contributed by atoms with van der Waals surface area (Å²) in [5, 5.41) is 3.29. The van der Waals surface area contributed by atoms with Crippen LogP contribution < -0.4 is 14.8 Å². The Hall–Kier alpha value is -0.970. The average molecular weight is 271 g/mol. The van der Waals surface area contributed by atoms with Crippen molar-refractivity contribution in [1.82, 2.24) is 10.2 Å². The van der Waals surface area contributed by atoms with Crippen molar-refractivity contribution >= 4 is 12.4 Å². The van der Waals surface area contributed by atoms with Crippen molar-refractivity contribution in [3.05, 3.63) is 23.8 Å². The molecule has 5 heteroatoms. The first-order chi connectivity index (χ1) is 8.33. The van der Waals surface area contributed by atoms with E-state index in [1.807, 2.05) is 6.07 Å². The molecule has 2 aliphatic rings. The molecule has 0 aliphatic carbocycles. The second-order valence-corrected chi connectivity index (χ2v) is 4.71. The van der Waals surface area contributed by atoms with Gasteiger partial charge in [-0.1, -0.05) is 6.07 Å². The number of benzene rings is 1. The predicted octanol–water partition coefficient (Wildman–Crippen LogP) is 1.28. The lowest BCUT2D eigenvalue weighted by atomic mass is 10.1. The predicted molar refractivity (Wildman–Crippen MR) is 72.8 cm³/mol. The molecule has 18 heavy (non-hydrogen) atoms. The van der Waals surface area contributed by atoms with Gasteiger partial charge in [-0.3, -0.25) is 4.90 Å². The highest BCUT2D eigenvalue weighted by atomic mass is 35.5. The molecule has 2 aliphatic heterocycles. The number of hydrogen-bond donors (Lipinski definition) is 1. The average Bonchev–Trinajstić information content (AvgIpc) is 2.26. The zero-order valence-corrected chi connectivity index (χ0v) is 11.3. The van der Waals surface area contributed by atoms with Gasteiger partial charge in [0.25, 0.3) is 0 Å². The highest BCUT2D eigenvalue weighted by molar-refractivity contribution is 5.85. The van der Waals surface area contributed by atoms with Gasteiger partial charge >= 0.3 is 0 Å². The third-order valence-electron chi connectivity index (χ3n) is 3.42. The molecule has 3 rings (SSSR count). The highest BCUT2D eigenvalue weighted by Gasteiger charge is 2.21. The van der Waals surface area contributed by atoms with Gasteiger partial charge in [-0.05, 0) is 24.7 Å². The van der Waals surface area contributed by atoms with Gasteiger partial charge < -0.3 is 14.8 Å². The van der Waals surface area contributed by atoms with E-state index in [9.17, 15) is 0 Å². The molecule has 0 amide bonds. The van der Waals surface area contributed by atoms with Crippen molar-refractivity contribution in [2.24, 2.45) is 0 Å². The summed E-state index contributed by atoms with van der Waals surface area (Å²) in [7, 11) is 2.17. The number of hydrogen-bond acceptors (Lipinski definition) is 4. The summed E-state index contributed by atoms with van der Waals surface area (Å²) in [6, 6.07) is 6.90. The first-order valence-electron chi connectivity index (χ1n) is 6.12. The third kappa shape index (κ3) is 2.71. The quantitative estimate of drug-likeness (QED) is 0.897. The first kappa shape index (κ1) is 13.5. The van der Waals surface area contributed by atoms with Crippen LogP contribution in [0.3, 0.4) is 0 Å². The lowest BCUT2D eigenvalue weighted by Gasteiger charge is -2.35. The van der Waals surface area contributed by atoms with Gasteiger partial charge in [-0.2, -0.15) is 0 Å². The molecule has 100 valence electrons. The number of nitrogens with one attached hydrogen (secondary N) is 1. The molecular formula is C13H19ClN2O2. The summed E-state index contributed by atoms with van der Waals surface area (Å²) >= 11 is 0. The first-order valence-corrected chi connectivity index (χ1v) is 6.12. The van der Waals surface area contributed by atoms with Crippen LogP contribution in [0, 0.1) is 0 Å². The van der Waals surface area contributed by atoms with E-state index in [-0.39, 0.29) is 12.4 Å². The fourth-order valence-corrected chi connectivity index (χ4v) is 2.19. The van der Waals surface area contributed by atoms with E-state index in [4.69, 9.17) is 9.47 Å². The number of ether oxygens (including phenoxy) is 2. The van der Waals surface area contributed by atoms with E-state index in [0.717, 1.165) is 31.1 Å². The zero-order chi connectivity index (χ0) is 11.7. The Morgan fingerprint density at radius 1 is 1.22 bits per heavy atom. The molecule has 1 aromatic carbocycles. The van der Waals surface area contributed by atoms with Crippen LogP contribution in [0.4, 0.5) is 0 Å². The maximum absolute atomic E-state index is 5.59. The van der Waals surface area contributed by atoms with E-state index in [2.05, 4.69) is 29.4 Å². The van der Waals surface area contributed by atoms with Gasteiger partial charge in [0.1, 0.15) is 13.2 Å². The molecule has 0 spiro atoms. The van der Waals surface area contributed by atoms with Crippen molar-refractivity contribution in [3.8, 4) is 11.5 Å².